The number of halogens is 3. The molecule has 1 N–H and O–H groups in total. The van der Waals surface area contributed by atoms with E-state index in [1.807, 2.05) is 24.3 Å². The summed E-state index contributed by atoms with van der Waals surface area (Å²) in [4.78, 5) is 31.8. The lowest BCUT2D eigenvalue weighted by molar-refractivity contribution is -0.146. The van der Waals surface area contributed by atoms with Crippen LogP contribution in [0, 0.1) is 0 Å². The first-order chi connectivity index (χ1) is 18.0. The molecule has 0 amide bonds. The molecule has 202 valence electrons. The predicted molar refractivity (Wildman–Crippen MR) is 140 cm³/mol. The first-order valence-corrected chi connectivity index (χ1v) is 12.5. The predicted octanol–water partition coefficient (Wildman–Crippen LogP) is 5.22. The van der Waals surface area contributed by atoms with E-state index in [0.29, 0.717) is 24.2 Å². The Morgan fingerprint density at radius 1 is 1.18 bits per heavy atom. The fraction of sp³-hybridized carbons (Fsp3) is 0.393. The van der Waals surface area contributed by atoms with Crippen molar-refractivity contribution in [3.05, 3.63) is 75.2 Å². The van der Waals surface area contributed by atoms with E-state index in [-0.39, 0.29) is 23.6 Å². The first kappa shape index (κ1) is 27.2. The minimum atomic E-state index is -4.65. The maximum Gasteiger partial charge on any atom is 0.417 e. The highest BCUT2D eigenvalue weighted by Crippen LogP contribution is 2.40. The SMILES string of the molecule is CCc1nc(-c2ccc(N(C)C)cc2C(F)(F)F)n(CC)c(=O)c1NC1c2ccccc2C[C@@H]1OC(C)=O. The van der Waals surface area contributed by atoms with Crippen LogP contribution in [0.5, 0.6) is 0 Å². The van der Waals surface area contributed by atoms with Crippen LogP contribution in [0.4, 0.5) is 24.5 Å². The van der Waals surface area contributed by atoms with Gasteiger partial charge in [0.1, 0.15) is 17.6 Å². The highest BCUT2D eigenvalue weighted by molar-refractivity contribution is 5.69. The van der Waals surface area contributed by atoms with Gasteiger partial charge in [0.2, 0.25) is 0 Å². The molecule has 1 unspecified atom stereocenters. The molecule has 0 saturated carbocycles. The van der Waals surface area contributed by atoms with Gasteiger partial charge in [-0.25, -0.2) is 4.98 Å². The fourth-order valence-corrected chi connectivity index (χ4v) is 4.95. The van der Waals surface area contributed by atoms with Crippen LogP contribution < -0.4 is 15.8 Å². The minimum absolute atomic E-state index is 0.0408. The molecule has 1 heterocycles. The lowest BCUT2D eigenvalue weighted by Gasteiger charge is -2.25. The molecule has 1 aliphatic rings. The number of anilines is 2. The molecule has 38 heavy (non-hydrogen) atoms. The van der Waals surface area contributed by atoms with Crippen LogP contribution in [0.1, 0.15) is 49.2 Å². The average Bonchev–Trinajstić information content (AvgIpc) is 3.20. The standard InChI is InChI=1S/C28H31F3N4O3/c1-6-22-25(33-24-19-11-9-8-10-17(19)14-23(24)38-16(3)36)27(37)35(7-2)26(32-22)20-13-12-18(34(4)5)15-21(20)28(29,30)31/h8-13,15,23-24,33H,6-7,14H2,1-5H3/t23-,24?/m0/s1. The number of hydrogen-bond donors (Lipinski definition) is 1. The second-order valence-electron chi connectivity index (χ2n) is 9.45. The second-order valence-corrected chi connectivity index (χ2v) is 9.45. The third kappa shape index (κ3) is 5.12. The summed E-state index contributed by atoms with van der Waals surface area (Å²) in [5.41, 5.74) is 1.30. The highest BCUT2D eigenvalue weighted by Gasteiger charge is 2.37. The van der Waals surface area contributed by atoms with Crippen LogP contribution >= 0.6 is 0 Å². The monoisotopic (exact) mass is 528 g/mol. The lowest BCUT2D eigenvalue weighted by atomic mass is 10.0. The van der Waals surface area contributed by atoms with Crippen LogP contribution in [0.15, 0.2) is 47.3 Å². The van der Waals surface area contributed by atoms with Gasteiger partial charge in [-0.3, -0.25) is 14.2 Å². The largest absolute Gasteiger partial charge is 0.460 e. The molecule has 1 aromatic heterocycles. The van der Waals surface area contributed by atoms with Gasteiger partial charge < -0.3 is 15.0 Å². The van der Waals surface area contributed by atoms with Crippen molar-refractivity contribution in [3.8, 4) is 11.4 Å². The summed E-state index contributed by atoms with van der Waals surface area (Å²) < 4.78 is 49.3. The number of aryl methyl sites for hydroxylation is 1. The molecule has 4 rings (SSSR count). The van der Waals surface area contributed by atoms with E-state index in [9.17, 15) is 22.8 Å². The molecule has 1 aliphatic carbocycles. The number of hydrogen-bond acceptors (Lipinski definition) is 6. The quantitative estimate of drug-likeness (QED) is 0.424. The topological polar surface area (TPSA) is 76.5 Å². The van der Waals surface area contributed by atoms with Gasteiger partial charge in [0.15, 0.2) is 0 Å². The van der Waals surface area contributed by atoms with Crippen molar-refractivity contribution in [3.63, 3.8) is 0 Å². The molecular weight excluding hydrogens is 497 g/mol. The zero-order valence-corrected chi connectivity index (χ0v) is 22.0. The Morgan fingerprint density at radius 2 is 1.89 bits per heavy atom. The number of carbonyl (C=O) groups is 1. The van der Waals surface area contributed by atoms with E-state index in [1.54, 1.807) is 38.9 Å². The van der Waals surface area contributed by atoms with Crippen molar-refractivity contribution in [1.29, 1.82) is 0 Å². The Morgan fingerprint density at radius 3 is 2.50 bits per heavy atom. The van der Waals surface area contributed by atoms with E-state index in [2.05, 4.69) is 10.3 Å². The number of carbonyl (C=O) groups excluding carboxylic acids is 1. The van der Waals surface area contributed by atoms with Gasteiger partial charge >= 0.3 is 12.1 Å². The number of ether oxygens (including phenoxy) is 1. The third-order valence-corrected chi connectivity index (χ3v) is 6.76. The number of nitrogens with zero attached hydrogens (tertiary/aromatic N) is 3. The maximum atomic E-state index is 14.1. The first-order valence-electron chi connectivity index (χ1n) is 12.5. The molecule has 0 saturated heterocycles. The molecule has 10 heteroatoms. The molecule has 0 spiro atoms. The Bertz CT molecular complexity index is 1420. The third-order valence-electron chi connectivity index (χ3n) is 6.76. The van der Waals surface area contributed by atoms with E-state index in [0.717, 1.165) is 17.2 Å². The van der Waals surface area contributed by atoms with Crippen molar-refractivity contribution in [2.45, 2.75) is 58.5 Å². The van der Waals surface area contributed by atoms with Gasteiger partial charge in [0.05, 0.1) is 17.3 Å². The lowest BCUT2D eigenvalue weighted by Crippen LogP contribution is -2.33. The summed E-state index contributed by atoms with van der Waals surface area (Å²) >= 11 is 0. The van der Waals surface area contributed by atoms with Crippen LogP contribution in [0.3, 0.4) is 0 Å². The van der Waals surface area contributed by atoms with E-state index >= 15 is 0 Å². The van der Waals surface area contributed by atoms with E-state index < -0.39 is 35.4 Å². The maximum absolute atomic E-state index is 14.1. The summed E-state index contributed by atoms with van der Waals surface area (Å²) in [5, 5.41) is 3.26. The number of benzene rings is 2. The van der Waals surface area contributed by atoms with Gasteiger partial charge in [-0.05, 0) is 42.7 Å². The fourth-order valence-electron chi connectivity index (χ4n) is 4.95. The summed E-state index contributed by atoms with van der Waals surface area (Å²) in [6, 6.07) is 11.1. The summed E-state index contributed by atoms with van der Waals surface area (Å²) in [5.74, 6) is -0.480. The number of alkyl halides is 3. The normalized spacial score (nSPS) is 16.7. The Kier molecular flexibility index (Phi) is 7.53. The molecule has 0 fully saturated rings. The van der Waals surface area contributed by atoms with Crippen LogP contribution in [-0.2, 0) is 35.1 Å². The number of rotatable bonds is 7. The van der Waals surface area contributed by atoms with Crippen LogP contribution in [0.25, 0.3) is 11.4 Å². The van der Waals surface area contributed by atoms with Gasteiger partial charge in [0, 0.05) is 45.2 Å². The van der Waals surface area contributed by atoms with Crippen molar-refractivity contribution in [2.24, 2.45) is 0 Å². The van der Waals surface area contributed by atoms with Crippen molar-refractivity contribution in [2.75, 3.05) is 24.3 Å². The molecule has 3 aromatic rings. The molecule has 0 aliphatic heterocycles. The minimum Gasteiger partial charge on any atom is -0.460 e. The Balaban J connectivity index is 1.87. The van der Waals surface area contributed by atoms with Gasteiger partial charge in [-0.1, -0.05) is 31.2 Å². The highest BCUT2D eigenvalue weighted by atomic mass is 19.4. The molecule has 2 atom stereocenters. The van der Waals surface area contributed by atoms with Crippen LogP contribution in [0.2, 0.25) is 0 Å². The van der Waals surface area contributed by atoms with E-state index in [4.69, 9.17) is 4.74 Å². The average molecular weight is 529 g/mol. The Hall–Kier alpha value is -3.82. The number of fused-ring (bicyclic) bond motifs is 1. The van der Waals surface area contributed by atoms with Gasteiger partial charge in [-0.2, -0.15) is 13.2 Å². The molecule has 0 radical (unpaired) electrons. The second kappa shape index (κ2) is 10.5. The Labute approximate surface area is 219 Å². The number of nitrogens with one attached hydrogen (secondary N) is 1. The molecule has 2 aromatic carbocycles. The zero-order valence-electron chi connectivity index (χ0n) is 22.0. The van der Waals surface area contributed by atoms with Crippen molar-refractivity contribution in [1.82, 2.24) is 9.55 Å². The van der Waals surface area contributed by atoms with E-state index in [1.165, 1.54) is 17.6 Å². The van der Waals surface area contributed by atoms with Gasteiger partial charge in [-0.15, -0.1) is 0 Å². The molecular formula is C28H31F3N4O3. The zero-order chi connectivity index (χ0) is 27.8. The van der Waals surface area contributed by atoms with Crippen molar-refractivity contribution >= 4 is 17.3 Å². The van der Waals surface area contributed by atoms with Gasteiger partial charge in [0.25, 0.3) is 5.56 Å². The summed E-state index contributed by atoms with van der Waals surface area (Å²) in [6.45, 7) is 4.92. The van der Waals surface area contributed by atoms with Crippen LogP contribution in [-0.4, -0.2) is 35.7 Å². The van der Waals surface area contributed by atoms with Crippen molar-refractivity contribution < 1.29 is 22.7 Å². The molecule has 7 nitrogen and oxygen atoms in total. The number of aromatic nitrogens is 2. The molecule has 0 bridgehead atoms. The summed E-state index contributed by atoms with van der Waals surface area (Å²) in [7, 11) is 3.32. The summed E-state index contributed by atoms with van der Waals surface area (Å²) in [6.07, 6.45) is -4.40. The number of esters is 1. The smallest absolute Gasteiger partial charge is 0.417 e.